The van der Waals surface area contributed by atoms with E-state index in [0.29, 0.717) is 45.9 Å². The van der Waals surface area contributed by atoms with Crippen molar-refractivity contribution in [3.05, 3.63) is 29.3 Å². The van der Waals surface area contributed by atoms with E-state index in [1.165, 1.54) is 10.4 Å². The number of carbonyl (C=O) groups is 2. The monoisotopic (exact) mass is 484 g/mol. The summed E-state index contributed by atoms with van der Waals surface area (Å²) in [6, 6.07) is 6.39. The maximum absolute atomic E-state index is 12.9. The van der Waals surface area contributed by atoms with Crippen molar-refractivity contribution in [3.8, 4) is 0 Å². The Morgan fingerprint density at radius 3 is 2.25 bits per heavy atom. The fraction of sp³-hybridized carbons (Fsp3) is 0.619. The molecule has 1 unspecified atom stereocenters. The average Bonchev–Trinajstić information content (AvgIpc) is 3.34. The van der Waals surface area contributed by atoms with E-state index in [-0.39, 0.29) is 47.5 Å². The number of benzene rings is 1. The lowest BCUT2D eigenvalue weighted by Crippen LogP contribution is -2.55. The third kappa shape index (κ3) is 5.09. The molecule has 9 nitrogen and oxygen atoms in total. The first-order valence-electron chi connectivity index (χ1n) is 11.0. The molecule has 2 amide bonds. The van der Waals surface area contributed by atoms with Gasteiger partial charge in [-0.25, -0.2) is 8.42 Å². The Morgan fingerprint density at radius 1 is 0.969 bits per heavy atom. The summed E-state index contributed by atoms with van der Waals surface area (Å²) in [4.78, 5) is 30.9. The molecular weight excluding hydrogens is 456 g/mol. The number of sulfonamides is 1. The van der Waals surface area contributed by atoms with Crippen molar-refractivity contribution in [2.75, 3.05) is 65.5 Å². The van der Waals surface area contributed by atoms with Crippen LogP contribution in [0.25, 0.3) is 0 Å². The molecule has 3 heterocycles. The van der Waals surface area contributed by atoms with Crippen LogP contribution in [0.4, 0.5) is 0 Å². The molecule has 3 aliphatic rings. The van der Waals surface area contributed by atoms with Crippen LogP contribution in [0.2, 0.25) is 5.02 Å². The van der Waals surface area contributed by atoms with E-state index in [9.17, 15) is 18.0 Å². The van der Waals surface area contributed by atoms with Crippen molar-refractivity contribution in [1.82, 2.24) is 19.0 Å². The van der Waals surface area contributed by atoms with Crippen molar-refractivity contribution < 1.29 is 22.7 Å². The summed E-state index contributed by atoms with van der Waals surface area (Å²) in [5.74, 6) is 0.0445. The SMILES string of the molecule is O=C(CN1CCN(C(=O)C2CCCO2)CC1)N1CCN(S(=O)(=O)c2ccccc2Cl)CC1. The molecule has 0 saturated carbocycles. The van der Waals surface area contributed by atoms with Crippen LogP contribution in [0.15, 0.2) is 29.2 Å². The van der Waals surface area contributed by atoms with E-state index >= 15 is 0 Å². The second-order valence-corrected chi connectivity index (χ2v) is 10.6. The lowest BCUT2D eigenvalue weighted by Gasteiger charge is -2.38. The molecule has 176 valence electrons. The van der Waals surface area contributed by atoms with Crippen LogP contribution in [-0.2, 0) is 24.3 Å². The normalized spacial score (nSPS) is 23.5. The molecule has 0 N–H and O–H groups in total. The van der Waals surface area contributed by atoms with Crippen molar-refractivity contribution in [2.24, 2.45) is 0 Å². The maximum atomic E-state index is 12.9. The quantitative estimate of drug-likeness (QED) is 0.604. The topological polar surface area (TPSA) is 90.5 Å². The van der Waals surface area contributed by atoms with Crippen LogP contribution >= 0.6 is 11.6 Å². The van der Waals surface area contributed by atoms with Gasteiger partial charge in [0.25, 0.3) is 5.91 Å². The van der Waals surface area contributed by atoms with Gasteiger partial charge in [-0.3, -0.25) is 14.5 Å². The van der Waals surface area contributed by atoms with E-state index in [2.05, 4.69) is 4.90 Å². The zero-order chi connectivity index (χ0) is 22.7. The Bertz CT molecular complexity index is 937. The van der Waals surface area contributed by atoms with Gasteiger partial charge in [0, 0.05) is 59.0 Å². The van der Waals surface area contributed by atoms with Crippen molar-refractivity contribution >= 4 is 33.4 Å². The minimum absolute atomic E-state index is 0.0151. The summed E-state index contributed by atoms with van der Waals surface area (Å²) in [6.45, 7) is 4.57. The molecule has 0 aromatic heterocycles. The molecular formula is C21H29ClN4O5S. The molecule has 11 heteroatoms. The van der Waals surface area contributed by atoms with Gasteiger partial charge in [-0.1, -0.05) is 23.7 Å². The van der Waals surface area contributed by atoms with E-state index in [4.69, 9.17) is 16.3 Å². The first-order chi connectivity index (χ1) is 15.4. The highest BCUT2D eigenvalue weighted by Gasteiger charge is 2.33. The molecule has 3 aliphatic heterocycles. The summed E-state index contributed by atoms with van der Waals surface area (Å²) in [7, 11) is -3.69. The molecule has 1 aromatic carbocycles. The molecule has 0 spiro atoms. The Balaban J connectivity index is 1.24. The highest BCUT2D eigenvalue weighted by Crippen LogP contribution is 2.25. The summed E-state index contributed by atoms with van der Waals surface area (Å²) in [6.07, 6.45) is 1.41. The Kier molecular flexibility index (Phi) is 7.36. The van der Waals surface area contributed by atoms with Crippen LogP contribution in [0.3, 0.4) is 0 Å². The first kappa shape index (κ1) is 23.4. The van der Waals surface area contributed by atoms with Gasteiger partial charge in [0.05, 0.1) is 11.6 Å². The van der Waals surface area contributed by atoms with Crippen LogP contribution in [-0.4, -0.2) is 111 Å². The molecule has 0 radical (unpaired) electrons. The number of piperazine rings is 2. The number of rotatable bonds is 5. The number of hydrogen-bond acceptors (Lipinski definition) is 6. The first-order valence-corrected chi connectivity index (χ1v) is 12.8. The second-order valence-electron chi connectivity index (χ2n) is 8.32. The highest BCUT2D eigenvalue weighted by molar-refractivity contribution is 7.89. The van der Waals surface area contributed by atoms with Gasteiger partial charge in [0.15, 0.2) is 0 Å². The standard InChI is InChI=1S/C21H29ClN4O5S/c22-17-4-1-2-6-19(17)32(29,30)26-13-11-24(12-14-26)20(27)16-23-7-9-25(10-8-23)21(28)18-5-3-15-31-18/h1-2,4,6,18H,3,5,7-16H2. The van der Waals surface area contributed by atoms with Crippen LogP contribution in [0.5, 0.6) is 0 Å². The summed E-state index contributed by atoms with van der Waals surface area (Å²) in [5.41, 5.74) is 0. The number of amides is 2. The predicted octanol–water partition coefficient (Wildman–Crippen LogP) is 0.496. The summed E-state index contributed by atoms with van der Waals surface area (Å²) in [5, 5.41) is 0.197. The van der Waals surface area contributed by atoms with Crippen molar-refractivity contribution in [1.29, 1.82) is 0 Å². The zero-order valence-corrected chi connectivity index (χ0v) is 19.6. The average molecular weight is 485 g/mol. The summed E-state index contributed by atoms with van der Waals surface area (Å²) < 4.78 is 32.6. The smallest absolute Gasteiger partial charge is 0.251 e. The van der Waals surface area contributed by atoms with Gasteiger partial charge in [-0.05, 0) is 25.0 Å². The molecule has 1 atom stereocenters. The Hall–Kier alpha value is -1.72. The van der Waals surface area contributed by atoms with Crippen LogP contribution in [0.1, 0.15) is 12.8 Å². The largest absolute Gasteiger partial charge is 0.368 e. The highest BCUT2D eigenvalue weighted by atomic mass is 35.5. The van der Waals surface area contributed by atoms with E-state index in [1.54, 1.807) is 23.1 Å². The van der Waals surface area contributed by atoms with E-state index in [0.717, 1.165) is 12.8 Å². The molecule has 0 bridgehead atoms. The lowest BCUT2D eigenvalue weighted by atomic mass is 10.2. The van der Waals surface area contributed by atoms with Crippen LogP contribution < -0.4 is 0 Å². The molecule has 1 aromatic rings. The van der Waals surface area contributed by atoms with E-state index in [1.807, 2.05) is 4.90 Å². The Labute approximate surface area is 193 Å². The van der Waals surface area contributed by atoms with E-state index < -0.39 is 10.0 Å². The van der Waals surface area contributed by atoms with Gasteiger partial charge in [-0.2, -0.15) is 4.31 Å². The fourth-order valence-corrected chi connectivity index (χ4v) is 6.28. The number of hydrogen-bond donors (Lipinski definition) is 0. The van der Waals surface area contributed by atoms with Crippen molar-refractivity contribution in [2.45, 2.75) is 23.8 Å². The predicted molar refractivity (Wildman–Crippen MR) is 119 cm³/mol. The molecule has 4 rings (SSSR count). The molecule has 3 saturated heterocycles. The van der Waals surface area contributed by atoms with Gasteiger partial charge in [0.2, 0.25) is 15.9 Å². The Morgan fingerprint density at radius 2 is 1.62 bits per heavy atom. The number of ether oxygens (including phenoxy) is 1. The second kappa shape index (κ2) is 10.0. The van der Waals surface area contributed by atoms with Gasteiger partial charge in [-0.15, -0.1) is 0 Å². The lowest BCUT2D eigenvalue weighted by molar-refractivity contribution is -0.143. The number of carbonyl (C=O) groups excluding carboxylic acids is 2. The maximum Gasteiger partial charge on any atom is 0.251 e. The number of nitrogens with zero attached hydrogens (tertiary/aromatic N) is 4. The molecule has 0 aliphatic carbocycles. The van der Waals surface area contributed by atoms with Crippen LogP contribution in [0, 0.1) is 0 Å². The van der Waals surface area contributed by atoms with Gasteiger partial charge >= 0.3 is 0 Å². The third-order valence-electron chi connectivity index (χ3n) is 6.29. The molecule has 32 heavy (non-hydrogen) atoms. The van der Waals surface area contributed by atoms with Crippen molar-refractivity contribution in [3.63, 3.8) is 0 Å². The minimum atomic E-state index is -3.69. The number of halogens is 1. The third-order valence-corrected chi connectivity index (χ3v) is 8.69. The minimum Gasteiger partial charge on any atom is -0.368 e. The summed E-state index contributed by atoms with van der Waals surface area (Å²) >= 11 is 6.07. The fourth-order valence-electron chi connectivity index (χ4n) is 4.36. The van der Waals surface area contributed by atoms with Gasteiger partial charge in [0.1, 0.15) is 11.0 Å². The zero-order valence-electron chi connectivity index (χ0n) is 18.0. The molecule has 3 fully saturated rings. The van der Waals surface area contributed by atoms with Gasteiger partial charge < -0.3 is 14.5 Å².